The van der Waals surface area contributed by atoms with Gasteiger partial charge in [0.15, 0.2) is 0 Å². The molecule has 2 aliphatic rings. The van der Waals surface area contributed by atoms with E-state index in [2.05, 4.69) is 16.9 Å². The fourth-order valence-electron chi connectivity index (χ4n) is 2.67. The normalized spacial score (nSPS) is 36.0. The fourth-order valence-corrected chi connectivity index (χ4v) is 2.67. The molecule has 78 valence electrons. The van der Waals surface area contributed by atoms with Crippen molar-refractivity contribution in [3.8, 4) is 0 Å². The second-order valence-electron chi connectivity index (χ2n) is 4.29. The lowest BCUT2D eigenvalue weighted by Gasteiger charge is -2.23. The van der Waals surface area contributed by atoms with E-state index >= 15 is 0 Å². The Morgan fingerprint density at radius 3 is 2.86 bits per heavy atom. The van der Waals surface area contributed by atoms with E-state index in [4.69, 9.17) is 0 Å². The summed E-state index contributed by atoms with van der Waals surface area (Å²) in [5, 5.41) is 9.84. The van der Waals surface area contributed by atoms with Gasteiger partial charge in [0.25, 0.3) is 0 Å². The van der Waals surface area contributed by atoms with Crippen molar-refractivity contribution in [3.63, 3.8) is 0 Å². The van der Waals surface area contributed by atoms with Crippen LogP contribution >= 0.6 is 0 Å². The van der Waals surface area contributed by atoms with Gasteiger partial charge in [-0.3, -0.25) is 4.79 Å². The summed E-state index contributed by atoms with van der Waals surface area (Å²) >= 11 is 0. The molecular weight excluding hydrogens is 180 g/mol. The monoisotopic (exact) mass is 196 g/mol. The lowest BCUT2D eigenvalue weighted by Crippen LogP contribution is -2.27. The van der Waals surface area contributed by atoms with Crippen molar-refractivity contribution in [1.82, 2.24) is 0 Å². The van der Waals surface area contributed by atoms with Crippen molar-refractivity contribution in [2.45, 2.75) is 25.4 Å². The molecule has 3 nitrogen and oxygen atoms in total. The quantitative estimate of drug-likeness (QED) is 0.543. The maximum absolute atomic E-state index is 11.0. The second kappa shape index (κ2) is 3.73. The van der Waals surface area contributed by atoms with Crippen LogP contribution in [-0.4, -0.2) is 24.3 Å². The van der Waals surface area contributed by atoms with E-state index in [0.29, 0.717) is 11.8 Å². The maximum atomic E-state index is 11.0. The van der Waals surface area contributed by atoms with Crippen molar-refractivity contribution >= 4 is 5.97 Å². The first-order valence-electron chi connectivity index (χ1n) is 5.14. The van der Waals surface area contributed by atoms with Crippen LogP contribution in [0.2, 0.25) is 0 Å². The van der Waals surface area contributed by atoms with E-state index in [1.54, 1.807) is 0 Å². The third-order valence-corrected chi connectivity index (χ3v) is 3.43. The van der Waals surface area contributed by atoms with Crippen molar-refractivity contribution in [1.29, 1.82) is 0 Å². The molecule has 1 saturated carbocycles. The van der Waals surface area contributed by atoms with E-state index in [-0.39, 0.29) is 18.3 Å². The minimum Gasteiger partial charge on any atom is -0.469 e. The van der Waals surface area contributed by atoms with Crippen LogP contribution in [0.3, 0.4) is 0 Å². The van der Waals surface area contributed by atoms with Crippen LogP contribution in [0.15, 0.2) is 12.2 Å². The molecule has 0 saturated heterocycles. The minimum absolute atomic E-state index is 0.137. The van der Waals surface area contributed by atoms with E-state index in [1.807, 2.05) is 0 Å². The molecule has 1 fully saturated rings. The molecule has 0 aromatic carbocycles. The molecule has 3 unspecified atom stereocenters. The zero-order valence-electron chi connectivity index (χ0n) is 8.35. The van der Waals surface area contributed by atoms with Crippen LogP contribution < -0.4 is 0 Å². The molecule has 2 aliphatic carbocycles. The average Bonchev–Trinajstić information content (AvgIpc) is 2.78. The Bertz CT molecular complexity index is 259. The summed E-state index contributed by atoms with van der Waals surface area (Å²) in [6.07, 6.45) is 6.20. The number of hydrogen-bond acceptors (Lipinski definition) is 3. The van der Waals surface area contributed by atoms with Crippen LogP contribution in [0.1, 0.15) is 19.3 Å². The summed E-state index contributed by atoms with van der Waals surface area (Å²) in [7, 11) is 1.36. The van der Waals surface area contributed by atoms with E-state index in [9.17, 15) is 9.90 Å². The lowest BCUT2D eigenvalue weighted by molar-refractivity contribution is -0.143. The van der Waals surface area contributed by atoms with Crippen LogP contribution in [0.4, 0.5) is 0 Å². The van der Waals surface area contributed by atoms with Crippen LogP contribution in [0.5, 0.6) is 0 Å². The number of allylic oxidation sites excluding steroid dienone is 2. The molecule has 2 rings (SSSR count). The minimum atomic E-state index is -0.526. The molecule has 2 bridgehead atoms. The Morgan fingerprint density at radius 1 is 1.57 bits per heavy atom. The number of rotatable bonds is 3. The first-order chi connectivity index (χ1) is 6.70. The molecular formula is C11H16O3. The molecule has 0 aromatic heterocycles. The smallest absolute Gasteiger partial charge is 0.308 e. The number of aliphatic hydroxyl groups excluding tert-OH is 1. The number of ether oxygens (including phenoxy) is 1. The Balaban J connectivity index is 1.90. The van der Waals surface area contributed by atoms with E-state index in [1.165, 1.54) is 7.11 Å². The fraction of sp³-hybridized carbons (Fsp3) is 0.727. The molecule has 0 spiro atoms. The van der Waals surface area contributed by atoms with Gasteiger partial charge >= 0.3 is 5.97 Å². The molecule has 0 aromatic rings. The number of esters is 1. The van der Waals surface area contributed by atoms with Gasteiger partial charge < -0.3 is 9.84 Å². The van der Waals surface area contributed by atoms with Gasteiger partial charge in [0.05, 0.1) is 19.6 Å². The van der Waals surface area contributed by atoms with Gasteiger partial charge in [-0.2, -0.15) is 0 Å². The summed E-state index contributed by atoms with van der Waals surface area (Å²) in [6, 6.07) is 0. The predicted octanol–water partition coefficient (Wildman–Crippen LogP) is 1.12. The van der Waals surface area contributed by atoms with Crippen LogP contribution in [0.25, 0.3) is 0 Å². The average molecular weight is 196 g/mol. The predicted molar refractivity (Wildman–Crippen MR) is 51.5 cm³/mol. The molecule has 0 aliphatic heterocycles. The summed E-state index contributed by atoms with van der Waals surface area (Å²) < 4.78 is 4.54. The zero-order chi connectivity index (χ0) is 10.1. The number of carbonyl (C=O) groups is 1. The Kier molecular flexibility index (Phi) is 2.59. The molecule has 0 radical (unpaired) electrons. The number of aliphatic hydroxyl groups is 1. The van der Waals surface area contributed by atoms with Gasteiger partial charge in [-0.15, -0.1) is 0 Å². The summed E-state index contributed by atoms with van der Waals surface area (Å²) in [4.78, 5) is 11.0. The number of methoxy groups -OCH3 is 1. The third kappa shape index (κ3) is 1.69. The molecule has 0 amide bonds. The van der Waals surface area contributed by atoms with Crippen molar-refractivity contribution < 1.29 is 14.6 Å². The van der Waals surface area contributed by atoms with Gasteiger partial charge in [-0.1, -0.05) is 12.2 Å². The van der Waals surface area contributed by atoms with Crippen molar-refractivity contribution in [2.24, 2.45) is 17.8 Å². The highest BCUT2D eigenvalue weighted by molar-refractivity contribution is 5.69. The number of fused-ring (bicyclic) bond motifs is 2. The maximum Gasteiger partial charge on any atom is 0.308 e. The first-order valence-corrected chi connectivity index (χ1v) is 5.14. The molecule has 1 N–H and O–H groups in total. The van der Waals surface area contributed by atoms with Gasteiger partial charge in [-0.25, -0.2) is 0 Å². The second-order valence-corrected chi connectivity index (χ2v) is 4.29. The number of hydrogen-bond donors (Lipinski definition) is 1. The van der Waals surface area contributed by atoms with E-state index in [0.717, 1.165) is 12.8 Å². The molecule has 14 heavy (non-hydrogen) atoms. The van der Waals surface area contributed by atoms with Crippen molar-refractivity contribution in [3.05, 3.63) is 12.2 Å². The van der Waals surface area contributed by atoms with E-state index < -0.39 is 6.10 Å². The lowest BCUT2D eigenvalue weighted by atomic mass is 9.87. The van der Waals surface area contributed by atoms with Crippen LogP contribution in [0, 0.1) is 17.8 Å². The zero-order valence-corrected chi connectivity index (χ0v) is 8.35. The Morgan fingerprint density at radius 2 is 2.36 bits per heavy atom. The van der Waals surface area contributed by atoms with Crippen LogP contribution in [-0.2, 0) is 9.53 Å². The topological polar surface area (TPSA) is 46.5 Å². The molecule has 3 heteroatoms. The summed E-state index contributed by atoms with van der Waals surface area (Å²) in [6.45, 7) is 0. The highest BCUT2D eigenvalue weighted by Crippen LogP contribution is 2.45. The Labute approximate surface area is 83.8 Å². The van der Waals surface area contributed by atoms with Gasteiger partial charge in [0.2, 0.25) is 0 Å². The molecule has 0 heterocycles. The Hall–Kier alpha value is -0.830. The highest BCUT2D eigenvalue weighted by atomic mass is 16.5. The molecule has 4 atom stereocenters. The standard InChI is InChI=1S/C11H16O3/c1-14-11(13)6-10(12)9-5-7-2-3-8(9)4-7/h2-3,7-10,12H,4-6H2,1H3/t7?,8?,9?,10-/m1/s1. The third-order valence-electron chi connectivity index (χ3n) is 3.43. The SMILES string of the molecule is COC(=O)C[C@@H](O)C1CC2C=CC1C2. The number of carbonyl (C=O) groups excluding carboxylic acids is 1. The largest absolute Gasteiger partial charge is 0.469 e. The summed E-state index contributed by atoms with van der Waals surface area (Å²) in [5.74, 6) is 1.07. The van der Waals surface area contributed by atoms with Gasteiger partial charge in [0, 0.05) is 0 Å². The first kappa shape index (κ1) is 9.71. The van der Waals surface area contributed by atoms with Crippen molar-refractivity contribution in [2.75, 3.05) is 7.11 Å². The van der Waals surface area contributed by atoms with Gasteiger partial charge in [-0.05, 0) is 30.6 Å². The highest BCUT2D eigenvalue weighted by Gasteiger charge is 2.39. The van der Waals surface area contributed by atoms with Gasteiger partial charge in [0.1, 0.15) is 0 Å². The summed E-state index contributed by atoms with van der Waals surface area (Å²) in [5.41, 5.74) is 0.